The van der Waals surface area contributed by atoms with Crippen LogP contribution in [-0.2, 0) is 6.42 Å². The highest BCUT2D eigenvalue weighted by Crippen LogP contribution is 2.37. The van der Waals surface area contributed by atoms with E-state index in [1.807, 2.05) is 24.3 Å². The van der Waals surface area contributed by atoms with Crippen LogP contribution in [0.1, 0.15) is 34.7 Å². The van der Waals surface area contributed by atoms with E-state index < -0.39 is 0 Å². The second-order valence-corrected chi connectivity index (χ2v) is 6.77. The van der Waals surface area contributed by atoms with Crippen LogP contribution in [0.3, 0.4) is 0 Å². The van der Waals surface area contributed by atoms with Crippen molar-refractivity contribution in [3.05, 3.63) is 62.2 Å². The number of fused-ring (bicyclic) bond motifs is 2. The summed E-state index contributed by atoms with van der Waals surface area (Å²) in [5.41, 5.74) is 8.21. The van der Waals surface area contributed by atoms with Gasteiger partial charge in [-0.2, -0.15) is 5.10 Å². The van der Waals surface area contributed by atoms with Crippen molar-refractivity contribution in [3.63, 3.8) is 0 Å². The minimum absolute atomic E-state index is 0.148. The SMILES string of the molecule is Cc1cc(C2=NNC(C)Cc3cc4c(cc32)OCO4)cc(C)c1[N+](=O)[O-]. The Balaban J connectivity index is 1.89. The summed E-state index contributed by atoms with van der Waals surface area (Å²) in [6.45, 7) is 5.78. The van der Waals surface area contributed by atoms with Gasteiger partial charge in [-0.05, 0) is 57.0 Å². The third-order valence-corrected chi connectivity index (χ3v) is 4.72. The first kappa shape index (κ1) is 16.4. The molecule has 4 rings (SSSR count). The van der Waals surface area contributed by atoms with Crippen molar-refractivity contribution in [1.29, 1.82) is 0 Å². The number of nitrogens with one attached hydrogen (secondary N) is 1. The Labute approximate surface area is 150 Å². The maximum atomic E-state index is 11.3. The Morgan fingerprint density at radius 3 is 2.46 bits per heavy atom. The number of rotatable bonds is 2. The molecule has 0 aromatic heterocycles. The van der Waals surface area contributed by atoms with Crippen molar-refractivity contribution in [2.45, 2.75) is 33.2 Å². The van der Waals surface area contributed by atoms with Gasteiger partial charge in [-0.15, -0.1) is 0 Å². The molecule has 7 nitrogen and oxygen atoms in total. The predicted octanol–water partition coefficient (Wildman–Crippen LogP) is 3.23. The van der Waals surface area contributed by atoms with Crippen molar-refractivity contribution >= 4 is 11.4 Å². The average molecular weight is 353 g/mol. The molecule has 0 saturated heterocycles. The molecule has 0 saturated carbocycles. The van der Waals surface area contributed by atoms with Crippen LogP contribution in [0.4, 0.5) is 5.69 Å². The van der Waals surface area contributed by atoms with E-state index in [0.717, 1.165) is 34.6 Å². The second kappa shape index (κ2) is 6.01. The van der Waals surface area contributed by atoms with Crippen LogP contribution in [0.2, 0.25) is 0 Å². The molecule has 26 heavy (non-hydrogen) atoms. The van der Waals surface area contributed by atoms with Gasteiger partial charge in [-0.3, -0.25) is 10.1 Å². The van der Waals surface area contributed by atoms with E-state index in [1.165, 1.54) is 0 Å². The topological polar surface area (TPSA) is 86.0 Å². The molecule has 0 spiro atoms. The van der Waals surface area contributed by atoms with Gasteiger partial charge in [-0.1, -0.05) is 0 Å². The summed E-state index contributed by atoms with van der Waals surface area (Å²) in [5, 5.41) is 15.9. The normalized spacial score (nSPS) is 17.8. The highest BCUT2D eigenvalue weighted by atomic mass is 16.7. The zero-order valence-corrected chi connectivity index (χ0v) is 14.8. The van der Waals surface area contributed by atoms with Gasteiger partial charge in [0.25, 0.3) is 5.69 Å². The zero-order valence-electron chi connectivity index (χ0n) is 14.8. The van der Waals surface area contributed by atoms with E-state index >= 15 is 0 Å². The molecule has 1 N–H and O–H groups in total. The number of aryl methyl sites for hydroxylation is 2. The molecule has 7 heteroatoms. The Morgan fingerprint density at radius 2 is 1.81 bits per heavy atom. The Bertz CT molecular complexity index is 929. The van der Waals surface area contributed by atoms with Crippen LogP contribution < -0.4 is 14.9 Å². The summed E-state index contributed by atoms with van der Waals surface area (Å²) >= 11 is 0. The fourth-order valence-corrected chi connectivity index (χ4v) is 3.58. The molecule has 1 unspecified atom stereocenters. The minimum atomic E-state index is -0.338. The number of hydrogen-bond acceptors (Lipinski definition) is 6. The average Bonchev–Trinajstić information content (AvgIpc) is 2.94. The van der Waals surface area contributed by atoms with Crippen LogP contribution in [0.25, 0.3) is 0 Å². The molecule has 2 aliphatic rings. The maximum absolute atomic E-state index is 11.3. The zero-order chi connectivity index (χ0) is 18.4. The fourth-order valence-electron chi connectivity index (χ4n) is 3.58. The lowest BCUT2D eigenvalue weighted by molar-refractivity contribution is -0.386. The molecule has 2 aliphatic heterocycles. The van der Waals surface area contributed by atoms with E-state index in [9.17, 15) is 10.1 Å². The van der Waals surface area contributed by atoms with Crippen LogP contribution in [0, 0.1) is 24.0 Å². The van der Waals surface area contributed by atoms with Crippen molar-refractivity contribution in [2.24, 2.45) is 5.10 Å². The van der Waals surface area contributed by atoms with Crippen molar-refractivity contribution < 1.29 is 14.4 Å². The standard InChI is InChI=1S/C19H19N3O4/c1-10-4-14(5-11(2)19(10)22(23)24)18-15-8-17-16(25-9-26-17)7-13(15)6-12(3)20-21-18/h4-5,7-8,12,20H,6,9H2,1-3H3. The van der Waals surface area contributed by atoms with E-state index in [-0.39, 0.29) is 23.4 Å². The number of ether oxygens (including phenoxy) is 2. The minimum Gasteiger partial charge on any atom is -0.454 e. The third kappa shape index (κ3) is 2.65. The quantitative estimate of drug-likeness (QED) is 0.662. The lowest BCUT2D eigenvalue weighted by Gasteiger charge is -2.12. The maximum Gasteiger partial charge on any atom is 0.275 e. The molecule has 1 atom stereocenters. The summed E-state index contributed by atoms with van der Waals surface area (Å²) < 4.78 is 11.0. The summed E-state index contributed by atoms with van der Waals surface area (Å²) in [5.74, 6) is 1.44. The van der Waals surface area contributed by atoms with Gasteiger partial charge in [0.1, 0.15) is 0 Å². The van der Waals surface area contributed by atoms with Gasteiger partial charge in [0.05, 0.1) is 10.6 Å². The van der Waals surface area contributed by atoms with Crippen molar-refractivity contribution in [1.82, 2.24) is 5.43 Å². The molecule has 0 fully saturated rings. The van der Waals surface area contributed by atoms with Gasteiger partial charge in [0.2, 0.25) is 6.79 Å². The molecule has 0 radical (unpaired) electrons. The number of nitro groups is 1. The van der Waals surface area contributed by atoms with Gasteiger partial charge in [-0.25, -0.2) is 0 Å². The van der Waals surface area contributed by atoms with Crippen molar-refractivity contribution in [2.75, 3.05) is 6.79 Å². The molecular weight excluding hydrogens is 334 g/mol. The first-order chi connectivity index (χ1) is 12.4. The van der Waals surface area contributed by atoms with E-state index in [1.54, 1.807) is 13.8 Å². The first-order valence-electron chi connectivity index (χ1n) is 8.46. The van der Waals surface area contributed by atoms with Gasteiger partial charge in [0.15, 0.2) is 11.5 Å². The molecule has 0 bridgehead atoms. The smallest absolute Gasteiger partial charge is 0.275 e. The van der Waals surface area contributed by atoms with Gasteiger partial charge < -0.3 is 14.9 Å². The van der Waals surface area contributed by atoms with Crippen molar-refractivity contribution in [3.8, 4) is 11.5 Å². The number of nitro benzene ring substituents is 1. The summed E-state index contributed by atoms with van der Waals surface area (Å²) in [6.07, 6.45) is 0.796. The Morgan fingerprint density at radius 1 is 1.15 bits per heavy atom. The molecule has 2 aromatic carbocycles. The van der Waals surface area contributed by atoms with Crippen LogP contribution in [0.15, 0.2) is 29.4 Å². The van der Waals surface area contributed by atoms with E-state index in [0.29, 0.717) is 16.9 Å². The summed E-state index contributed by atoms with van der Waals surface area (Å²) in [6, 6.07) is 7.74. The van der Waals surface area contributed by atoms with E-state index in [2.05, 4.69) is 17.5 Å². The second-order valence-electron chi connectivity index (χ2n) is 6.77. The Hall–Kier alpha value is -3.09. The molecule has 2 heterocycles. The number of nitrogens with zero attached hydrogens (tertiary/aromatic N) is 2. The molecule has 0 amide bonds. The molecular formula is C19H19N3O4. The number of benzene rings is 2. The largest absolute Gasteiger partial charge is 0.454 e. The Kier molecular flexibility index (Phi) is 3.79. The number of hydrogen-bond donors (Lipinski definition) is 1. The lowest BCUT2D eigenvalue weighted by atomic mass is 9.92. The van der Waals surface area contributed by atoms with Crippen LogP contribution in [-0.4, -0.2) is 23.5 Å². The van der Waals surface area contributed by atoms with Crippen LogP contribution >= 0.6 is 0 Å². The number of hydrazone groups is 1. The predicted molar refractivity (Wildman–Crippen MR) is 97.1 cm³/mol. The summed E-state index contributed by atoms with van der Waals surface area (Å²) in [4.78, 5) is 10.9. The van der Waals surface area contributed by atoms with Gasteiger partial charge >= 0.3 is 0 Å². The fraction of sp³-hybridized carbons (Fsp3) is 0.316. The monoisotopic (exact) mass is 353 g/mol. The molecule has 0 aliphatic carbocycles. The van der Waals surface area contributed by atoms with Crippen LogP contribution in [0.5, 0.6) is 11.5 Å². The highest BCUT2D eigenvalue weighted by molar-refractivity contribution is 6.14. The highest BCUT2D eigenvalue weighted by Gasteiger charge is 2.25. The first-order valence-corrected chi connectivity index (χ1v) is 8.46. The lowest BCUT2D eigenvalue weighted by Crippen LogP contribution is -2.22. The molecule has 2 aromatic rings. The van der Waals surface area contributed by atoms with Gasteiger partial charge in [0, 0.05) is 28.3 Å². The summed E-state index contributed by atoms with van der Waals surface area (Å²) in [7, 11) is 0. The third-order valence-electron chi connectivity index (χ3n) is 4.72. The molecule has 134 valence electrons. The van der Waals surface area contributed by atoms with E-state index in [4.69, 9.17) is 9.47 Å².